The van der Waals surface area contributed by atoms with Crippen LogP contribution in [-0.2, 0) is 10.0 Å². The van der Waals surface area contributed by atoms with Crippen molar-refractivity contribution in [2.75, 3.05) is 4.72 Å². The molecular formula is C19H13ClFN3O2S. The number of rotatable bonds is 4. The van der Waals surface area contributed by atoms with E-state index < -0.39 is 15.8 Å². The average Bonchev–Trinajstić information content (AvgIpc) is 2.62. The summed E-state index contributed by atoms with van der Waals surface area (Å²) in [5, 5.41) is 9.24. The summed E-state index contributed by atoms with van der Waals surface area (Å²) in [6.45, 7) is 1.77. The Bertz CT molecular complexity index is 1170. The van der Waals surface area contributed by atoms with Crippen molar-refractivity contribution >= 4 is 27.3 Å². The van der Waals surface area contributed by atoms with Gasteiger partial charge in [0.1, 0.15) is 6.07 Å². The number of aryl methyl sites for hydroxylation is 1. The van der Waals surface area contributed by atoms with E-state index in [2.05, 4.69) is 9.71 Å². The molecule has 5 nitrogen and oxygen atoms in total. The van der Waals surface area contributed by atoms with Gasteiger partial charge in [0.2, 0.25) is 0 Å². The summed E-state index contributed by atoms with van der Waals surface area (Å²) in [7, 11) is -3.79. The lowest BCUT2D eigenvalue weighted by Gasteiger charge is -2.11. The number of anilines is 1. The van der Waals surface area contributed by atoms with Gasteiger partial charge in [-0.15, -0.1) is 0 Å². The van der Waals surface area contributed by atoms with Crippen LogP contribution in [0.25, 0.3) is 11.3 Å². The number of nitriles is 1. The third-order valence-electron chi connectivity index (χ3n) is 3.81. The fraction of sp³-hybridized carbons (Fsp3) is 0.0526. The normalized spacial score (nSPS) is 11.0. The van der Waals surface area contributed by atoms with Gasteiger partial charge in [-0.3, -0.25) is 4.72 Å². The molecule has 0 bridgehead atoms. The molecule has 1 aromatic heterocycles. The van der Waals surface area contributed by atoms with Gasteiger partial charge in [-0.25, -0.2) is 17.8 Å². The van der Waals surface area contributed by atoms with Gasteiger partial charge in [0.15, 0.2) is 11.5 Å². The summed E-state index contributed by atoms with van der Waals surface area (Å²) in [4.78, 5) is 4.05. The highest BCUT2D eigenvalue weighted by Crippen LogP contribution is 2.27. The van der Waals surface area contributed by atoms with Crippen LogP contribution in [0.5, 0.6) is 0 Å². The molecule has 0 saturated carbocycles. The van der Waals surface area contributed by atoms with Crippen LogP contribution in [0.15, 0.2) is 59.5 Å². The summed E-state index contributed by atoms with van der Waals surface area (Å²) in [5.41, 5.74) is 1.87. The Kier molecular flexibility index (Phi) is 5.13. The zero-order valence-corrected chi connectivity index (χ0v) is 15.6. The molecule has 0 aliphatic rings. The van der Waals surface area contributed by atoms with Gasteiger partial charge < -0.3 is 0 Å². The van der Waals surface area contributed by atoms with Crippen LogP contribution in [0.4, 0.5) is 10.1 Å². The predicted octanol–water partition coefficient (Wildman–Crippen LogP) is 4.52. The molecule has 0 saturated heterocycles. The number of hydrogen-bond acceptors (Lipinski definition) is 4. The van der Waals surface area contributed by atoms with Crippen molar-refractivity contribution in [2.24, 2.45) is 0 Å². The van der Waals surface area contributed by atoms with Gasteiger partial charge in [-0.05, 0) is 55.0 Å². The molecule has 0 atom stereocenters. The molecule has 0 unspecified atom stereocenters. The van der Waals surface area contributed by atoms with Crippen LogP contribution in [0.2, 0.25) is 5.02 Å². The number of halogens is 2. The number of nitrogens with zero attached hydrogens (tertiary/aromatic N) is 2. The van der Waals surface area contributed by atoms with Crippen molar-refractivity contribution in [3.63, 3.8) is 0 Å². The lowest BCUT2D eigenvalue weighted by atomic mass is 10.0. The average molecular weight is 402 g/mol. The molecule has 0 spiro atoms. The minimum absolute atomic E-state index is 0.0515. The molecule has 136 valence electrons. The first-order valence-corrected chi connectivity index (χ1v) is 9.62. The van der Waals surface area contributed by atoms with Crippen LogP contribution in [0.1, 0.15) is 11.3 Å². The number of nitrogens with one attached hydrogen (secondary N) is 1. The molecule has 1 N–H and O–H groups in total. The minimum Gasteiger partial charge on any atom is -0.280 e. The largest absolute Gasteiger partial charge is 0.280 e. The first kappa shape index (κ1) is 18.8. The highest BCUT2D eigenvalue weighted by molar-refractivity contribution is 7.92. The fourth-order valence-electron chi connectivity index (χ4n) is 2.53. The monoisotopic (exact) mass is 401 g/mol. The van der Waals surface area contributed by atoms with Crippen LogP contribution >= 0.6 is 11.6 Å². The maximum Gasteiger partial charge on any atom is 0.261 e. The number of pyridine rings is 1. The molecule has 1 heterocycles. The SMILES string of the molecule is Cc1cc(NS(=O)(=O)c2cccc(Cl)c2)ccc1-c1ccc(F)c(C#N)n1. The number of benzene rings is 2. The molecule has 3 rings (SSSR count). The summed E-state index contributed by atoms with van der Waals surface area (Å²) >= 11 is 5.85. The Hall–Kier alpha value is -2.95. The lowest BCUT2D eigenvalue weighted by Crippen LogP contribution is -2.13. The van der Waals surface area contributed by atoms with E-state index in [-0.39, 0.29) is 10.6 Å². The zero-order chi connectivity index (χ0) is 19.6. The molecule has 0 radical (unpaired) electrons. The maximum atomic E-state index is 13.5. The third kappa shape index (κ3) is 4.08. The second kappa shape index (κ2) is 7.35. The first-order chi connectivity index (χ1) is 12.8. The summed E-state index contributed by atoms with van der Waals surface area (Å²) in [6, 6.07) is 15.2. The number of sulfonamides is 1. The second-order valence-electron chi connectivity index (χ2n) is 5.73. The highest BCUT2D eigenvalue weighted by Gasteiger charge is 2.16. The van der Waals surface area contributed by atoms with Crippen LogP contribution < -0.4 is 4.72 Å². The Morgan fingerprint density at radius 3 is 2.59 bits per heavy atom. The van der Waals surface area contributed by atoms with Crippen molar-refractivity contribution in [2.45, 2.75) is 11.8 Å². The Morgan fingerprint density at radius 1 is 1.15 bits per heavy atom. The number of hydrogen-bond donors (Lipinski definition) is 1. The summed E-state index contributed by atoms with van der Waals surface area (Å²) < 4.78 is 40.9. The standard InChI is InChI=1S/C19H13ClFN3O2S/c1-12-9-14(24-27(25,26)15-4-2-3-13(20)10-15)5-6-16(12)18-8-7-17(21)19(11-22)23-18/h2-10,24H,1H3. The van der Waals surface area contributed by atoms with E-state index in [9.17, 15) is 12.8 Å². The van der Waals surface area contributed by atoms with Crippen LogP contribution in [-0.4, -0.2) is 13.4 Å². The Labute approximate surface area is 161 Å². The van der Waals surface area contributed by atoms with Gasteiger partial charge in [0.25, 0.3) is 10.0 Å². The van der Waals surface area contributed by atoms with Gasteiger partial charge in [0, 0.05) is 16.3 Å². The van der Waals surface area contributed by atoms with E-state index in [0.717, 1.165) is 0 Å². The quantitative estimate of drug-likeness (QED) is 0.696. The van der Waals surface area contributed by atoms with Gasteiger partial charge in [-0.1, -0.05) is 23.7 Å². The van der Waals surface area contributed by atoms with Crippen molar-refractivity contribution in [1.82, 2.24) is 4.98 Å². The maximum absolute atomic E-state index is 13.5. The van der Waals surface area contributed by atoms with Crippen molar-refractivity contribution < 1.29 is 12.8 Å². The molecule has 0 fully saturated rings. The molecular weight excluding hydrogens is 389 g/mol. The van der Waals surface area contributed by atoms with E-state index in [1.807, 2.05) is 0 Å². The molecule has 0 aliphatic carbocycles. The van der Waals surface area contributed by atoms with Crippen LogP contribution in [0, 0.1) is 24.1 Å². The minimum atomic E-state index is -3.79. The Morgan fingerprint density at radius 2 is 1.93 bits per heavy atom. The smallest absolute Gasteiger partial charge is 0.261 e. The highest BCUT2D eigenvalue weighted by atomic mass is 35.5. The molecule has 0 aliphatic heterocycles. The van der Waals surface area contributed by atoms with E-state index in [1.165, 1.54) is 24.3 Å². The lowest BCUT2D eigenvalue weighted by molar-refractivity contribution is 0.601. The van der Waals surface area contributed by atoms with E-state index in [1.54, 1.807) is 43.3 Å². The van der Waals surface area contributed by atoms with E-state index in [0.29, 0.717) is 27.5 Å². The van der Waals surface area contributed by atoms with Gasteiger partial charge in [0.05, 0.1) is 10.6 Å². The van der Waals surface area contributed by atoms with Crippen molar-refractivity contribution in [1.29, 1.82) is 5.26 Å². The molecule has 8 heteroatoms. The van der Waals surface area contributed by atoms with E-state index >= 15 is 0 Å². The van der Waals surface area contributed by atoms with Gasteiger partial charge in [-0.2, -0.15) is 5.26 Å². The third-order valence-corrected chi connectivity index (χ3v) is 5.43. The fourth-order valence-corrected chi connectivity index (χ4v) is 3.88. The Balaban J connectivity index is 1.93. The number of aromatic nitrogens is 1. The second-order valence-corrected chi connectivity index (χ2v) is 7.85. The molecule has 27 heavy (non-hydrogen) atoms. The summed E-state index contributed by atoms with van der Waals surface area (Å²) in [6.07, 6.45) is 0. The topological polar surface area (TPSA) is 82.9 Å². The molecule has 2 aromatic carbocycles. The van der Waals surface area contributed by atoms with Crippen molar-refractivity contribution in [3.05, 3.63) is 76.7 Å². The predicted molar refractivity (Wildman–Crippen MR) is 101 cm³/mol. The van der Waals surface area contributed by atoms with Gasteiger partial charge >= 0.3 is 0 Å². The van der Waals surface area contributed by atoms with Crippen molar-refractivity contribution in [3.8, 4) is 17.3 Å². The molecule has 3 aromatic rings. The zero-order valence-electron chi connectivity index (χ0n) is 14.1. The summed E-state index contributed by atoms with van der Waals surface area (Å²) in [5.74, 6) is -0.690. The first-order valence-electron chi connectivity index (χ1n) is 7.76. The molecule has 0 amide bonds. The van der Waals surface area contributed by atoms with E-state index in [4.69, 9.17) is 16.9 Å². The van der Waals surface area contributed by atoms with Crippen LogP contribution in [0.3, 0.4) is 0 Å².